The van der Waals surface area contributed by atoms with Crippen molar-refractivity contribution in [2.75, 3.05) is 20.8 Å². The SMILES string of the molecule is C=CCN1C(=O)C(=Cc2ccc(OC)c(OC)c2)SC1=NS(=O)(=O)c1ccc(Cl)cc1. The van der Waals surface area contributed by atoms with Crippen molar-refractivity contribution in [3.63, 3.8) is 0 Å². The smallest absolute Gasteiger partial charge is 0.284 e. The molecular formula is C21H19ClN2O5S2. The summed E-state index contributed by atoms with van der Waals surface area (Å²) in [7, 11) is -0.987. The third-order valence-electron chi connectivity index (χ3n) is 4.21. The Balaban J connectivity index is 1.99. The van der Waals surface area contributed by atoms with Crippen molar-refractivity contribution in [2.45, 2.75) is 4.90 Å². The standard InChI is InChI=1S/C21H19ClN2O5S2/c1-4-11-24-20(25)19(13-14-5-10-17(28-2)18(12-14)29-3)30-21(24)23-31(26,27)16-8-6-15(22)7-9-16/h4-10,12-13H,1,11H2,2-3H3. The Hall–Kier alpha value is -2.75. The number of methoxy groups -OCH3 is 2. The molecule has 0 spiro atoms. The fourth-order valence-electron chi connectivity index (χ4n) is 2.72. The number of thioether (sulfide) groups is 1. The third kappa shape index (κ3) is 5.12. The monoisotopic (exact) mass is 478 g/mol. The van der Waals surface area contributed by atoms with Gasteiger partial charge in [0.15, 0.2) is 16.7 Å². The molecule has 31 heavy (non-hydrogen) atoms. The molecule has 1 aliphatic rings. The lowest BCUT2D eigenvalue weighted by Gasteiger charge is -2.12. The first kappa shape index (κ1) is 22.9. The van der Waals surface area contributed by atoms with Gasteiger partial charge in [0.1, 0.15) is 0 Å². The van der Waals surface area contributed by atoms with E-state index in [4.69, 9.17) is 21.1 Å². The highest BCUT2D eigenvalue weighted by Gasteiger charge is 2.34. The Morgan fingerprint density at radius 2 is 1.81 bits per heavy atom. The van der Waals surface area contributed by atoms with Crippen LogP contribution in [0, 0.1) is 0 Å². The number of carbonyl (C=O) groups is 1. The van der Waals surface area contributed by atoms with Crippen LogP contribution in [0.4, 0.5) is 0 Å². The van der Waals surface area contributed by atoms with Crippen LogP contribution in [-0.4, -0.2) is 45.2 Å². The largest absolute Gasteiger partial charge is 0.493 e. The van der Waals surface area contributed by atoms with Gasteiger partial charge in [-0.05, 0) is 59.8 Å². The molecule has 1 amide bonds. The zero-order valence-electron chi connectivity index (χ0n) is 16.7. The van der Waals surface area contributed by atoms with Gasteiger partial charge in [0.05, 0.1) is 24.0 Å². The average Bonchev–Trinajstić information content (AvgIpc) is 3.02. The molecule has 7 nitrogen and oxygen atoms in total. The lowest BCUT2D eigenvalue weighted by molar-refractivity contribution is -0.121. The van der Waals surface area contributed by atoms with Crippen LogP contribution in [0.5, 0.6) is 11.5 Å². The molecule has 0 N–H and O–H groups in total. The predicted octanol–water partition coefficient (Wildman–Crippen LogP) is 4.20. The van der Waals surface area contributed by atoms with Crippen molar-refractivity contribution in [3.05, 3.63) is 70.6 Å². The first-order valence-corrected chi connectivity index (χ1v) is 11.6. The highest BCUT2D eigenvalue weighted by molar-refractivity contribution is 8.19. The summed E-state index contributed by atoms with van der Waals surface area (Å²) in [6.45, 7) is 3.75. The number of carbonyl (C=O) groups excluding carboxylic acids is 1. The van der Waals surface area contributed by atoms with Gasteiger partial charge in [-0.3, -0.25) is 9.69 Å². The van der Waals surface area contributed by atoms with Gasteiger partial charge < -0.3 is 9.47 Å². The number of ether oxygens (including phenoxy) is 2. The van der Waals surface area contributed by atoms with Crippen LogP contribution < -0.4 is 9.47 Å². The molecule has 0 radical (unpaired) electrons. The molecule has 0 aliphatic carbocycles. The summed E-state index contributed by atoms with van der Waals surface area (Å²) in [6.07, 6.45) is 3.14. The molecule has 0 atom stereocenters. The Bertz CT molecular complexity index is 1170. The van der Waals surface area contributed by atoms with Gasteiger partial charge in [0, 0.05) is 11.6 Å². The Labute approximate surface area is 190 Å². The minimum atomic E-state index is -4.03. The van der Waals surface area contributed by atoms with Gasteiger partial charge in [0.25, 0.3) is 15.9 Å². The zero-order chi connectivity index (χ0) is 22.6. The second-order valence-corrected chi connectivity index (χ2v) is 9.28. The van der Waals surface area contributed by atoms with E-state index in [1.54, 1.807) is 24.3 Å². The van der Waals surface area contributed by atoms with Crippen LogP contribution >= 0.6 is 23.4 Å². The number of amidine groups is 1. The minimum Gasteiger partial charge on any atom is -0.493 e. The van der Waals surface area contributed by atoms with Crippen LogP contribution in [0.15, 0.2) is 69.3 Å². The third-order valence-corrected chi connectivity index (χ3v) is 6.87. The van der Waals surface area contributed by atoms with E-state index >= 15 is 0 Å². The van der Waals surface area contributed by atoms with Crippen molar-refractivity contribution >= 4 is 50.5 Å². The van der Waals surface area contributed by atoms with Gasteiger partial charge in [-0.1, -0.05) is 23.7 Å². The van der Waals surface area contributed by atoms with Gasteiger partial charge in [-0.25, -0.2) is 0 Å². The Morgan fingerprint density at radius 1 is 1.13 bits per heavy atom. The van der Waals surface area contributed by atoms with E-state index in [2.05, 4.69) is 11.0 Å². The van der Waals surface area contributed by atoms with Crippen molar-refractivity contribution < 1.29 is 22.7 Å². The molecule has 0 saturated carbocycles. The lowest BCUT2D eigenvalue weighted by Crippen LogP contribution is -2.29. The molecule has 1 heterocycles. The lowest BCUT2D eigenvalue weighted by atomic mass is 10.2. The summed E-state index contributed by atoms with van der Waals surface area (Å²) < 4.78 is 39.8. The fraction of sp³-hybridized carbons (Fsp3) is 0.143. The Kier molecular flexibility index (Phi) is 7.09. The number of rotatable bonds is 7. The summed E-state index contributed by atoms with van der Waals surface area (Å²) in [5.41, 5.74) is 0.689. The highest BCUT2D eigenvalue weighted by atomic mass is 35.5. The van der Waals surface area contributed by atoms with Gasteiger partial charge in [-0.2, -0.15) is 8.42 Å². The number of sulfonamides is 1. The van der Waals surface area contributed by atoms with E-state index in [0.29, 0.717) is 27.0 Å². The van der Waals surface area contributed by atoms with Crippen molar-refractivity contribution in [1.29, 1.82) is 0 Å². The quantitative estimate of drug-likeness (QED) is 0.438. The summed E-state index contributed by atoms with van der Waals surface area (Å²) >= 11 is 6.80. The number of hydrogen-bond donors (Lipinski definition) is 0. The van der Waals surface area contributed by atoms with Crippen molar-refractivity contribution in [3.8, 4) is 11.5 Å². The highest BCUT2D eigenvalue weighted by Crippen LogP contribution is 2.35. The number of halogens is 1. The predicted molar refractivity (Wildman–Crippen MR) is 123 cm³/mol. The first-order valence-electron chi connectivity index (χ1n) is 8.94. The normalized spacial score (nSPS) is 16.7. The molecule has 0 unspecified atom stereocenters. The molecule has 1 fully saturated rings. The summed E-state index contributed by atoms with van der Waals surface area (Å²) in [5, 5.41) is 0.456. The van der Waals surface area contributed by atoms with Gasteiger partial charge in [0.2, 0.25) is 0 Å². The molecule has 10 heteroatoms. The molecule has 1 saturated heterocycles. The maximum absolute atomic E-state index is 12.9. The number of hydrogen-bond acceptors (Lipinski definition) is 6. The molecule has 162 valence electrons. The fourth-order valence-corrected chi connectivity index (χ4v) is 5.04. The molecule has 0 bridgehead atoms. The summed E-state index contributed by atoms with van der Waals surface area (Å²) in [4.78, 5) is 14.5. The minimum absolute atomic E-state index is 0.0201. The van der Waals surface area contributed by atoms with Crippen LogP contribution in [0.1, 0.15) is 5.56 Å². The van der Waals surface area contributed by atoms with E-state index in [-0.39, 0.29) is 22.5 Å². The van der Waals surface area contributed by atoms with E-state index in [1.807, 2.05) is 0 Å². The van der Waals surface area contributed by atoms with Crippen molar-refractivity contribution in [2.24, 2.45) is 4.40 Å². The number of nitrogens with zero attached hydrogens (tertiary/aromatic N) is 2. The maximum atomic E-state index is 12.9. The van der Waals surface area contributed by atoms with Crippen molar-refractivity contribution in [1.82, 2.24) is 4.90 Å². The topological polar surface area (TPSA) is 85.3 Å². The number of amides is 1. The molecular weight excluding hydrogens is 460 g/mol. The van der Waals surface area contributed by atoms with Gasteiger partial charge in [-0.15, -0.1) is 11.0 Å². The van der Waals surface area contributed by atoms with Crippen LogP contribution in [-0.2, 0) is 14.8 Å². The van der Waals surface area contributed by atoms with E-state index in [1.165, 1.54) is 49.5 Å². The van der Waals surface area contributed by atoms with E-state index < -0.39 is 10.0 Å². The molecule has 2 aromatic rings. The van der Waals surface area contributed by atoms with Crippen LogP contribution in [0.3, 0.4) is 0 Å². The zero-order valence-corrected chi connectivity index (χ0v) is 19.1. The summed E-state index contributed by atoms with van der Waals surface area (Å²) in [5.74, 6) is 0.693. The average molecular weight is 479 g/mol. The second-order valence-electron chi connectivity index (χ2n) is 6.23. The summed E-state index contributed by atoms with van der Waals surface area (Å²) in [6, 6.07) is 10.9. The molecule has 1 aliphatic heterocycles. The van der Waals surface area contributed by atoms with Crippen LogP contribution in [0.2, 0.25) is 5.02 Å². The van der Waals surface area contributed by atoms with Gasteiger partial charge >= 0.3 is 0 Å². The Morgan fingerprint density at radius 3 is 2.42 bits per heavy atom. The van der Waals surface area contributed by atoms with Crippen LogP contribution in [0.25, 0.3) is 6.08 Å². The number of benzene rings is 2. The first-order chi connectivity index (χ1) is 14.8. The second kappa shape index (κ2) is 9.59. The maximum Gasteiger partial charge on any atom is 0.284 e. The molecule has 0 aromatic heterocycles. The van der Waals surface area contributed by atoms with E-state index in [9.17, 15) is 13.2 Å². The molecule has 3 rings (SSSR count). The molecule has 2 aromatic carbocycles. The van der Waals surface area contributed by atoms with E-state index in [0.717, 1.165) is 11.8 Å².